The van der Waals surface area contributed by atoms with Crippen molar-refractivity contribution in [2.24, 2.45) is 0 Å². The summed E-state index contributed by atoms with van der Waals surface area (Å²) in [6, 6.07) is 10.6. The van der Waals surface area contributed by atoms with Gasteiger partial charge < -0.3 is 9.47 Å². The lowest BCUT2D eigenvalue weighted by Crippen LogP contribution is -1.99. The van der Waals surface area contributed by atoms with E-state index in [0.717, 1.165) is 6.07 Å². The van der Waals surface area contributed by atoms with Crippen molar-refractivity contribution in [2.75, 3.05) is 7.11 Å². The predicted octanol–water partition coefficient (Wildman–Crippen LogP) is 3.10. The van der Waals surface area contributed by atoms with Gasteiger partial charge in [-0.15, -0.1) is 0 Å². The molecule has 21 heavy (non-hydrogen) atoms. The van der Waals surface area contributed by atoms with Crippen LogP contribution in [0.1, 0.15) is 21.5 Å². The molecule has 0 bridgehead atoms. The topological polar surface area (TPSA) is 59.3 Å². The van der Waals surface area contributed by atoms with Crippen LogP contribution < -0.4 is 9.47 Å². The van der Waals surface area contributed by atoms with Crippen LogP contribution in [0.25, 0.3) is 0 Å². The standard InChI is InChI=1S/C16H12FNO3/c1-20-15-3-2-11(9-19)7-16(15)21-10-13-4-12(8-18)5-14(17)6-13/h2-7,9H,10H2,1H3. The van der Waals surface area contributed by atoms with E-state index >= 15 is 0 Å². The largest absolute Gasteiger partial charge is 0.493 e. The summed E-state index contributed by atoms with van der Waals surface area (Å²) in [6.07, 6.45) is 0.697. The zero-order chi connectivity index (χ0) is 15.2. The molecule has 0 spiro atoms. The number of carbonyl (C=O) groups excluding carboxylic acids is 1. The van der Waals surface area contributed by atoms with Crippen molar-refractivity contribution in [3.63, 3.8) is 0 Å². The van der Waals surface area contributed by atoms with Crippen molar-refractivity contribution < 1.29 is 18.7 Å². The van der Waals surface area contributed by atoms with Crippen LogP contribution in [-0.4, -0.2) is 13.4 Å². The van der Waals surface area contributed by atoms with Gasteiger partial charge in [-0.2, -0.15) is 5.26 Å². The van der Waals surface area contributed by atoms with Gasteiger partial charge in [-0.3, -0.25) is 4.79 Å². The minimum absolute atomic E-state index is 0.0606. The van der Waals surface area contributed by atoms with Crippen LogP contribution in [-0.2, 0) is 6.61 Å². The van der Waals surface area contributed by atoms with Gasteiger partial charge in [0.15, 0.2) is 11.5 Å². The van der Waals surface area contributed by atoms with Crippen molar-refractivity contribution in [2.45, 2.75) is 6.61 Å². The fourth-order valence-corrected chi connectivity index (χ4v) is 1.84. The number of halogens is 1. The SMILES string of the molecule is COc1ccc(C=O)cc1OCc1cc(F)cc(C#N)c1. The van der Waals surface area contributed by atoms with E-state index in [4.69, 9.17) is 14.7 Å². The van der Waals surface area contributed by atoms with Crippen LogP contribution >= 0.6 is 0 Å². The Morgan fingerprint density at radius 3 is 2.71 bits per heavy atom. The maximum absolute atomic E-state index is 13.3. The second-order valence-corrected chi connectivity index (χ2v) is 4.28. The number of nitriles is 1. The third kappa shape index (κ3) is 3.57. The first kappa shape index (κ1) is 14.5. The summed E-state index contributed by atoms with van der Waals surface area (Å²) in [5.74, 6) is 0.351. The van der Waals surface area contributed by atoms with E-state index in [1.807, 2.05) is 6.07 Å². The van der Waals surface area contributed by atoms with Crippen molar-refractivity contribution in [3.05, 3.63) is 58.9 Å². The molecule has 0 saturated carbocycles. The summed E-state index contributed by atoms with van der Waals surface area (Å²) in [5.41, 5.74) is 1.19. The lowest BCUT2D eigenvalue weighted by molar-refractivity contribution is 0.112. The maximum Gasteiger partial charge on any atom is 0.162 e. The first-order valence-electron chi connectivity index (χ1n) is 6.12. The van der Waals surface area contributed by atoms with Crippen molar-refractivity contribution in [3.8, 4) is 17.6 Å². The second kappa shape index (κ2) is 6.53. The van der Waals surface area contributed by atoms with Crippen molar-refractivity contribution in [1.82, 2.24) is 0 Å². The average Bonchev–Trinajstić information content (AvgIpc) is 2.51. The zero-order valence-electron chi connectivity index (χ0n) is 11.3. The molecule has 0 aromatic heterocycles. The van der Waals surface area contributed by atoms with Crippen LogP contribution in [0.3, 0.4) is 0 Å². The lowest BCUT2D eigenvalue weighted by atomic mass is 10.1. The van der Waals surface area contributed by atoms with E-state index in [1.54, 1.807) is 18.2 Å². The average molecular weight is 285 g/mol. The number of hydrogen-bond donors (Lipinski definition) is 0. The first-order valence-corrected chi connectivity index (χ1v) is 6.12. The Morgan fingerprint density at radius 1 is 1.24 bits per heavy atom. The Hall–Kier alpha value is -2.87. The number of ether oxygens (including phenoxy) is 2. The van der Waals surface area contributed by atoms with Gasteiger partial charge in [0.2, 0.25) is 0 Å². The number of carbonyl (C=O) groups is 1. The minimum atomic E-state index is -0.499. The number of aldehydes is 1. The minimum Gasteiger partial charge on any atom is -0.493 e. The highest BCUT2D eigenvalue weighted by Crippen LogP contribution is 2.28. The zero-order valence-corrected chi connectivity index (χ0v) is 11.3. The van der Waals surface area contributed by atoms with E-state index in [2.05, 4.69) is 0 Å². The maximum atomic E-state index is 13.3. The van der Waals surface area contributed by atoms with Gasteiger partial charge in [0.25, 0.3) is 0 Å². The second-order valence-electron chi connectivity index (χ2n) is 4.28. The Labute approximate surface area is 121 Å². The monoisotopic (exact) mass is 285 g/mol. The van der Waals surface area contributed by atoms with Gasteiger partial charge in [-0.05, 0) is 42.0 Å². The molecule has 0 fully saturated rings. The quantitative estimate of drug-likeness (QED) is 0.792. The molecule has 106 valence electrons. The van der Waals surface area contributed by atoms with Gasteiger partial charge in [0.05, 0.1) is 18.7 Å². The van der Waals surface area contributed by atoms with Gasteiger partial charge >= 0.3 is 0 Å². The van der Waals surface area contributed by atoms with Crippen LogP contribution in [0.15, 0.2) is 36.4 Å². The lowest BCUT2D eigenvalue weighted by Gasteiger charge is -2.11. The normalized spacial score (nSPS) is 9.76. The third-order valence-electron chi connectivity index (χ3n) is 2.80. The van der Waals surface area contributed by atoms with Gasteiger partial charge in [-0.25, -0.2) is 4.39 Å². The van der Waals surface area contributed by atoms with Crippen molar-refractivity contribution in [1.29, 1.82) is 5.26 Å². The Morgan fingerprint density at radius 2 is 2.05 bits per heavy atom. The Balaban J connectivity index is 2.21. The molecule has 0 amide bonds. The van der Waals surface area contributed by atoms with Crippen LogP contribution in [0.5, 0.6) is 11.5 Å². The Kier molecular flexibility index (Phi) is 4.52. The van der Waals surface area contributed by atoms with Gasteiger partial charge in [0.1, 0.15) is 18.7 Å². The molecular formula is C16H12FNO3. The van der Waals surface area contributed by atoms with Crippen LogP contribution in [0.4, 0.5) is 4.39 Å². The van der Waals surface area contributed by atoms with E-state index in [9.17, 15) is 9.18 Å². The smallest absolute Gasteiger partial charge is 0.162 e. The molecule has 2 aromatic rings. The highest BCUT2D eigenvalue weighted by atomic mass is 19.1. The van der Waals surface area contributed by atoms with Crippen molar-refractivity contribution >= 4 is 6.29 Å². The third-order valence-corrected chi connectivity index (χ3v) is 2.80. The van der Waals surface area contributed by atoms with Crippen LogP contribution in [0.2, 0.25) is 0 Å². The Bertz CT molecular complexity index is 707. The summed E-state index contributed by atoms with van der Waals surface area (Å²) in [5, 5.41) is 8.81. The predicted molar refractivity (Wildman–Crippen MR) is 73.8 cm³/mol. The molecule has 5 heteroatoms. The molecule has 0 heterocycles. The summed E-state index contributed by atoms with van der Waals surface area (Å²) < 4.78 is 24.0. The number of methoxy groups -OCH3 is 1. The molecule has 0 radical (unpaired) electrons. The molecule has 0 saturated heterocycles. The summed E-state index contributed by atoms with van der Waals surface area (Å²) >= 11 is 0. The number of benzene rings is 2. The molecule has 0 aliphatic heterocycles. The summed E-state index contributed by atoms with van der Waals surface area (Å²) in [7, 11) is 1.48. The fraction of sp³-hybridized carbons (Fsp3) is 0.125. The molecule has 0 aliphatic carbocycles. The molecular weight excluding hydrogens is 273 g/mol. The van der Waals surface area contributed by atoms with E-state index in [0.29, 0.717) is 28.9 Å². The molecule has 0 N–H and O–H groups in total. The highest BCUT2D eigenvalue weighted by molar-refractivity contribution is 5.76. The van der Waals surface area contributed by atoms with E-state index < -0.39 is 5.82 Å². The molecule has 4 nitrogen and oxygen atoms in total. The molecule has 2 rings (SSSR count). The number of hydrogen-bond acceptors (Lipinski definition) is 4. The van der Waals surface area contributed by atoms with Gasteiger partial charge in [0, 0.05) is 5.56 Å². The van der Waals surface area contributed by atoms with E-state index in [1.165, 1.54) is 19.2 Å². The summed E-state index contributed by atoms with van der Waals surface area (Å²) in [4.78, 5) is 10.8. The molecule has 0 atom stereocenters. The molecule has 2 aromatic carbocycles. The summed E-state index contributed by atoms with van der Waals surface area (Å²) in [6.45, 7) is 0.0606. The number of rotatable bonds is 5. The van der Waals surface area contributed by atoms with Crippen LogP contribution in [0, 0.1) is 17.1 Å². The van der Waals surface area contributed by atoms with Gasteiger partial charge in [-0.1, -0.05) is 0 Å². The highest BCUT2D eigenvalue weighted by Gasteiger charge is 2.07. The fourth-order valence-electron chi connectivity index (χ4n) is 1.84. The molecule has 0 unspecified atom stereocenters. The van der Waals surface area contributed by atoms with E-state index in [-0.39, 0.29) is 12.2 Å². The first-order chi connectivity index (χ1) is 10.2. The number of nitrogens with zero attached hydrogens (tertiary/aromatic N) is 1. The molecule has 0 aliphatic rings.